The molecule has 4 rings (SSSR count). The molecule has 0 saturated carbocycles. The van der Waals surface area contributed by atoms with Crippen molar-refractivity contribution >= 4 is 0 Å². The van der Waals surface area contributed by atoms with Gasteiger partial charge in [-0.3, -0.25) is 4.98 Å². The molecule has 0 aliphatic heterocycles. The number of hydrogen-bond donors (Lipinski definition) is 1. The first-order valence-corrected chi connectivity index (χ1v) is 11.8. The third-order valence-corrected chi connectivity index (χ3v) is 6.74. The van der Waals surface area contributed by atoms with Crippen LogP contribution in [0.25, 0.3) is 11.5 Å². The molecule has 0 unspecified atom stereocenters. The lowest BCUT2D eigenvalue weighted by atomic mass is 9.70. The summed E-state index contributed by atoms with van der Waals surface area (Å²) in [5.41, 5.74) is 3.55. The highest BCUT2D eigenvalue weighted by atomic mass is 16.5. The molecule has 0 amide bonds. The highest BCUT2D eigenvalue weighted by Gasteiger charge is 2.32. The summed E-state index contributed by atoms with van der Waals surface area (Å²) in [5, 5.41) is 12.3. The number of nitrogens with one attached hydrogen (secondary N) is 1. The Kier molecular flexibility index (Phi) is 7.55. The third kappa shape index (κ3) is 5.88. The number of pyridine rings is 1. The highest BCUT2D eigenvalue weighted by Crippen LogP contribution is 2.39. The van der Waals surface area contributed by atoms with Gasteiger partial charge in [0.05, 0.1) is 7.11 Å². The number of methoxy groups -OCH3 is 1. The van der Waals surface area contributed by atoms with Crippen molar-refractivity contribution < 1.29 is 9.15 Å². The van der Waals surface area contributed by atoms with E-state index in [2.05, 4.69) is 53.4 Å². The lowest BCUT2D eigenvalue weighted by Crippen LogP contribution is -2.34. The van der Waals surface area contributed by atoms with Crippen molar-refractivity contribution in [2.24, 2.45) is 23.7 Å². The molecule has 0 fully saturated rings. The number of hydrogen-bond acceptors (Lipinski definition) is 6. The molecule has 0 spiro atoms. The smallest absolute Gasteiger partial charge is 0.247 e. The van der Waals surface area contributed by atoms with Crippen LogP contribution in [0.15, 0.2) is 64.9 Å². The molecule has 2 heterocycles. The Balaban J connectivity index is 1.40. The van der Waals surface area contributed by atoms with Gasteiger partial charge in [-0.25, -0.2) is 0 Å². The number of rotatable bonds is 9. The molecule has 6 nitrogen and oxygen atoms in total. The predicted molar refractivity (Wildman–Crippen MR) is 130 cm³/mol. The first-order valence-electron chi connectivity index (χ1n) is 11.8. The predicted octanol–water partition coefficient (Wildman–Crippen LogP) is 5.33. The van der Waals surface area contributed by atoms with Crippen molar-refractivity contribution in [3.05, 3.63) is 71.9 Å². The van der Waals surface area contributed by atoms with E-state index >= 15 is 0 Å². The quantitative estimate of drug-likeness (QED) is 0.448. The van der Waals surface area contributed by atoms with Crippen molar-refractivity contribution in [2.45, 2.75) is 40.2 Å². The monoisotopic (exact) mass is 446 g/mol. The molecule has 3 aromatic rings. The van der Waals surface area contributed by atoms with Gasteiger partial charge in [-0.15, -0.1) is 10.2 Å². The van der Waals surface area contributed by atoms with Gasteiger partial charge in [-0.2, -0.15) is 0 Å². The summed E-state index contributed by atoms with van der Waals surface area (Å²) in [5.74, 6) is 4.25. The van der Waals surface area contributed by atoms with Crippen molar-refractivity contribution in [2.75, 3.05) is 13.7 Å². The standard InChI is InChI=1S/C27H34N4O2/c1-18(2)25-13-22(19(3)12-23(25)17-29-16-20-6-5-11-28-15-20)14-26-30-31-27(33-26)21-7-9-24(32-4)10-8-21/h5-12,15,18,22-23,25,29H,13-14,16-17H2,1-4H3/t22-,23-,25-/m0/s1. The Morgan fingerprint density at radius 1 is 1.15 bits per heavy atom. The molecular formula is C27H34N4O2. The summed E-state index contributed by atoms with van der Waals surface area (Å²) in [4.78, 5) is 4.21. The second kappa shape index (κ2) is 10.8. The summed E-state index contributed by atoms with van der Waals surface area (Å²) in [6.07, 6.45) is 8.13. The summed E-state index contributed by atoms with van der Waals surface area (Å²) in [6, 6.07) is 11.8. The van der Waals surface area contributed by atoms with Gasteiger partial charge in [0.2, 0.25) is 11.8 Å². The molecule has 3 atom stereocenters. The van der Waals surface area contributed by atoms with Crippen LogP contribution in [0.4, 0.5) is 0 Å². The van der Waals surface area contributed by atoms with Crippen LogP contribution >= 0.6 is 0 Å². The Bertz CT molecular complexity index is 1040. The Morgan fingerprint density at radius 2 is 1.97 bits per heavy atom. The number of benzene rings is 1. The van der Waals surface area contributed by atoms with Crippen molar-refractivity contribution in [1.82, 2.24) is 20.5 Å². The van der Waals surface area contributed by atoms with Gasteiger partial charge in [0.15, 0.2) is 0 Å². The second-order valence-corrected chi connectivity index (χ2v) is 9.34. The fraction of sp³-hybridized carbons (Fsp3) is 0.444. The van der Waals surface area contributed by atoms with E-state index in [1.807, 2.05) is 42.7 Å². The van der Waals surface area contributed by atoms with E-state index in [4.69, 9.17) is 9.15 Å². The summed E-state index contributed by atoms with van der Waals surface area (Å²) in [7, 11) is 1.66. The molecular weight excluding hydrogens is 412 g/mol. The van der Waals surface area contributed by atoms with E-state index in [9.17, 15) is 0 Å². The van der Waals surface area contributed by atoms with Crippen LogP contribution in [0, 0.1) is 23.7 Å². The summed E-state index contributed by atoms with van der Waals surface area (Å²) in [6.45, 7) is 8.74. The van der Waals surface area contributed by atoms with E-state index in [1.165, 1.54) is 11.1 Å². The average Bonchev–Trinajstić information content (AvgIpc) is 3.30. The summed E-state index contributed by atoms with van der Waals surface area (Å²) < 4.78 is 11.2. The van der Waals surface area contributed by atoms with E-state index in [1.54, 1.807) is 7.11 Å². The molecule has 174 valence electrons. The molecule has 1 N–H and O–H groups in total. The van der Waals surface area contributed by atoms with Gasteiger partial charge in [-0.1, -0.05) is 31.6 Å². The van der Waals surface area contributed by atoms with Crippen LogP contribution in [0.1, 0.15) is 38.6 Å². The van der Waals surface area contributed by atoms with Gasteiger partial charge in [-0.05, 0) is 72.9 Å². The van der Waals surface area contributed by atoms with Gasteiger partial charge >= 0.3 is 0 Å². The van der Waals surface area contributed by atoms with Crippen molar-refractivity contribution in [3.8, 4) is 17.2 Å². The highest BCUT2D eigenvalue weighted by molar-refractivity contribution is 5.53. The summed E-state index contributed by atoms with van der Waals surface area (Å²) >= 11 is 0. The largest absolute Gasteiger partial charge is 0.497 e. The fourth-order valence-corrected chi connectivity index (χ4v) is 4.79. The number of aromatic nitrogens is 3. The number of ether oxygens (including phenoxy) is 1. The number of allylic oxidation sites excluding steroid dienone is 1. The van der Waals surface area contributed by atoms with Crippen LogP contribution in [-0.2, 0) is 13.0 Å². The van der Waals surface area contributed by atoms with E-state index in [-0.39, 0.29) is 0 Å². The van der Waals surface area contributed by atoms with Gasteiger partial charge in [0.1, 0.15) is 5.75 Å². The SMILES string of the molecule is COc1ccc(-c2nnc(C[C@@H]3C[C@@H](C(C)C)[C@H](CNCc4cccnc4)C=C3C)o2)cc1. The Hall–Kier alpha value is -2.99. The van der Waals surface area contributed by atoms with Crippen LogP contribution < -0.4 is 10.1 Å². The topological polar surface area (TPSA) is 73.1 Å². The zero-order valence-corrected chi connectivity index (χ0v) is 20.0. The maximum absolute atomic E-state index is 6.02. The Labute approximate surface area is 196 Å². The first kappa shape index (κ1) is 23.2. The van der Waals surface area contributed by atoms with Crippen molar-refractivity contribution in [1.29, 1.82) is 0 Å². The second-order valence-electron chi connectivity index (χ2n) is 9.34. The molecule has 0 radical (unpaired) electrons. The van der Waals surface area contributed by atoms with E-state index in [0.717, 1.165) is 37.2 Å². The first-order chi connectivity index (χ1) is 16.0. The molecule has 6 heteroatoms. The normalized spacial score (nSPS) is 20.6. The molecule has 33 heavy (non-hydrogen) atoms. The van der Waals surface area contributed by atoms with Crippen LogP contribution in [0.3, 0.4) is 0 Å². The number of nitrogens with zero attached hydrogens (tertiary/aromatic N) is 3. The molecule has 0 saturated heterocycles. The van der Waals surface area contributed by atoms with Crippen LogP contribution in [-0.4, -0.2) is 28.8 Å². The minimum atomic E-state index is 0.427. The Morgan fingerprint density at radius 3 is 2.67 bits per heavy atom. The minimum Gasteiger partial charge on any atom is -0.497 e. The molecule has 1 aliphatic carbocycles. The van der Waals surface area contributed by atoms with E-state index < -0.39 is 0 Å². The lowest BCUT2D eigenvalue weighted by Gasteiger charge is -2.37. The molecule has 0 bridgehead atoms. The van der Waals surface area contributed by atoms with Crippen LogP contribution in [0.5, 0.6) is 5.75 Å². The van der Waals surface area contributed by atoms with Gasteiger partial charge < -0.3 is 14.5 Å². The minimum absolute atomic E-state index is 0.427. The van der Waals surface area contributed by atoms with E-state index in [0.29, 0.717) is 35.5 Å². The lowest BCUT2D eigenvalue weighted by molar-refractivity contribution is 0.218. The maximum Gasteiger partial charge on any atom is 0.247 e. The van der Waals surface area contributed by atoms with Gasteiger partial charge in [0, 0.05) is 37.5 Å². The van der Waals surface area contributed by atoms with Crippen LogP contribution in [0.2, 0.25) is 0 Å². The van der Waals surface area contributed by atoms with Gasteiger partial charge in [0.25, 0.3) is 0 Å². The third-order valence-electron chi connectivity index (χ3n) is 6.74. The zero-order valence-electron chi connectivity index (χ0n) is 20.0. The maximum atomic E-state index is 6.02. The van der Waals surface area contributed by atoms with Crippen molar-refractivity contribution in [3.63, 3.8) is 0 Å². The molecule has 1 aliphatic rings. The average molecular weight is 447 g/mol. The zero-order chi connectivity index (χ0) is 23.2. The fourth-order valence-electron chi connectivity index (χ4n) is 4.79. The molecule has 2 aromatic heterocycles. The molecule has 1 aromatic carbocycles.